The van der Waals surface area contributed by atoms with Crippen molar-refractivity contribution in [3.63, 3.8) is 0 Å². The molecule has 2 heterocycles. The lowest BCUT2D eigenvalue weighted by Gasteiger charge is -2.26. The van der Waals surface area contributed by atoms with E-state index in [1.165, 1.54) is 7.11 Å². The largest absolute Gasteiger partial charge is 0.466 e. The molecule has 0 saturated heterocycles. The van der Waals surface area contributed by atoms with Crippen LogP contribution in [-0.2, 0) is 9.53 Å². The maximum Gasteiger partial charge on any atom is 0.338 e. The number of methoxy groups -OCH3 is 1. The van der Waals surface area contributed by atoms with Crippen LogP contribution in [0, 0.1) is 0 Å². The van der Waals surface area contributed by atoms with Crippen LogP contribution in [0.1, 0.15) is 18.7 Å². The van der Waals surface area contributed by atoms with E-state index in [4.69, 9.17) is 20.8 Å². The van der Waals surface area contributed by atoms with Crippen molar-refractivity contribution >= 4 is 23.6 Å². The van der Waals surface area contributed by atoms with E-state index in [0.29, 0.717) is 27.8 Å². The van der Waals surface area contributed by atoms with E-state index in [1.807, 2.05) is 12.1 Å². The van der Waals surface area contributed by atoms with Crippen LogP contribution in [-0.4, -0.2) is 19.1 Å². The lowest BCUT2D eigenvalue weighted by Crippen LogP contribution is -2.45. The van der Waals surface area contributed by atoms with Gasteiger partial charge in [-0.3, -0.25) is 0 Å². The van der Waals surface area contributed by atoms with Gasteiger partial charge in [-0.25, -0.2) is 9.59 Å². The summed E-state index contributed by atoms with van der Waals surface area (Å²) in [6.45, 7) is 1.64. The third kappa shape index (κ3) is 3.00. The van der Waals surface area contributed by atoms with Gasteiger partial charge in [0.2, 0.25) is 0 Å². The Hall–Kier alpha value is -2.73. The van der Waals surface area contributed by atoms with Gasteiger partial charge in [-0.2, -0.15) is 0 Å². The fourth-order valence-electron chi connectivity index (χ4n) is 2.57. The molecule has 7 heteroatoms. The zero-order chi connectivity index (χ0) is 17.3. The first-order valence-corrected chi connectivity index (χ1v) is 7.59. The third-order valence-electron chi connectivity index (χ3n) is 3.71. The van der Waals surface area contributed by atoms with Crippen LogP contribution in [0.2, 0.25) is 5.02 Å². The van der Waals surface area contributed by atoms with Crippen molar-refractivity contribution in [2.24, 2.45) is 0 Å². The summed E-state index contributed by atoms with van der Waals surface area (Å²) in [5.41, 5.74) is 1.57. The van der Waals surface area contributed by atoms with E-state index in [2.05, 4.69) is 10.6 Å². The Morgan fingerprint density at radius 3 is 2.58 bits per heavy atom. The first-order chi connectivity index (χ1) is 11.5. The zero-order valence-corrected chi connectivity index (χ0v) is 13.8. The van der Waals surface area contributed by atoms with Gasteiger partial charge < -0.3 is 19.8 Å². The van der Waals surface area contributed by atoms with Gasteiger partial charge in [0.15, 0.2) is 0 Å². The van der Waals surface area contributed by atoms with Gasteiger partial charge in [0.1, 0.15) is 17.6 Å². The molecular formula is C17H15ClN2O4. The lowest BCUT2D eigenvalue weighted by molar-refractivity contribution is -0.136. The number of urea groups is 1. The highest BCUT2D eigenvalue weighted by Gasteiger charge is 2.33. The summed E-state index contributed by atoms with van der Waals surface area (Å²) >= 11 is 5.89. The van der Waals surface area contributed by atoms with E-state index in [9.17, 15) is 9.59 Å². The number of amides is 2. The second kappa shape index (κ2) is 6.41. The average molecular weight is 347 g/mol. The predicted octanol–water partition coefficient (Wildman–Crippen LogP) is 3.40. The average Bonchev–Trinajstić information content (AvgIpc) is 3.04. The topological polar surface area (TPSA) is 80.6 Å². The molecule has 1 atom stereocenters. The van der Waals surface area contributed by atoms with E-state index in [0.717, 1.165) is 5.56 Å². The molecule has 2 amide bonds. The number of benzene rings is 1. The first kappa shape index (κ1) is 16.1. The first-order valence-electron chi connectivity index (χ1n) is 7.22. The normalized spacial score (nSPS) is 17.3. The number of nitrogens with one attached hydrogen (secondary N) is 2. The van der Waals surface area contributed by atoms with Crippen LogP contribution < -0.4 is 10.6 Å². The molecule has 0 fully saturated rings. The van der Waals surface area contributed by atoms with Crippen LogP contribution in [0.25, 0.3) is 11.3 Å². The Morgan fingerprint density at radius 2 is 1.92 bits per heavy atom. The van der Waals surface area contributed by atoms with Gasteiger partial charge in [-0.15, -0.1) is 0 Å². The Morgan fingerprint density at radius 1 is 1.21 bits per heavy atom. The van der Waals surface area contributed by atoms with Crippen LogP contribution >= 0.6 is 11.6 Å². The highest BCUT2D eigenvalue weighted by molar-refractivity contribution is 6.30. The molecule has 1 aromatic heterocycles. The fourth-order valence-corrected chi connectivity index (χ4v) is 2.69. The number of hydrogen-bond donors (Lipinski definition) is 2. The van der Waals surface area contributed by atoms with Gasteiger partial charge in [0.25, 0.3) is 0 Å². The zero-order valence-electron chi connectivity index (χ0n) is 13.1. The molecule has 0 aliphatic carbocycles. The number of hydrogen-bond acceptors (Lipinski definition) is 4. The summed E-state index contributed by atoms with van der Waals surface area (Å²) in [4.78, 5) is 23.8. The van der Waals surface area contributed by atoms with Gasteiger partial charge in [0, 0.05) is 16.3 Å². The Labute approximate surface area is 143 Å². The molecule has 0 saturated carbocycles. The van der Waals surface area contributed by atoms with Crippen molar-refractivity contribution in [3.8, 4) is 11.3 Å². The van der Waals surface area contributed by atoms with Gasteiger partial charge >= 0.3 is 12.0 Å². The molecule has 0 radical (unpaired) electrons. The molecule has 1 aliphatic heterocycles. The number of rotatable bonds is 3. The summed E-state index contributed by atoms with van der Waals surface area (Å²) < 4.78 is 10.7. The van der Waals surface area contributed by atoms with Gasteiger partial charge in [0.05, 0.1) is 12.7 Å². The summed E-state index contributed by atoms with van der Waals surface area (Å²) in [5.74, 6) is 0.514. The number of esters is 1. The quantitative estimate of drug-likeness (QED) is 0.835. The number of carbonyl (C=O) groups excluding carboxylic acids is 2. The summed E-state index contributed by atoms with van der Waals surface area (Å²) in [6, 6.07) is 9.54. The molecule has 0 spiro atoms. The minimum atomic E-state index is -0.716. The second-order valence-electron chi connectivity index (χ2n) is 5.27. The predicted molar refractivity (Wildman–Crippen MR) is 88.3 cm³/mol. The van der Waals surface area contributed by atoms with E-state index < -0.39 is 18.0 Å². The molecule has 0 unspecified atom stereocenters. The number of ether oxygens (including phenoxy) is 1. The van der Waals surface area contributed by atoms with Crippen molar-refractivity contribution in [2.45, 2.75) is 13.0 Å². The van der Waals surface area contributed by atoms with Crippen molar-refractivity contribution in [1.82, 2.24) is 10.6 Å². The summed E-state index contributed by atoms with van der Waals surface area (Å²) in [5, 5.41) is 5.87. The Bertz CT molecular complexity index is 823. The molecule has 124 valence electrons. The molecule has 1 aromatic carbocycles. The molecule has 6 nitrogen and oxygen atoms in total. The SMILES string of the molecule is COC(=O)C1=C(C)NC(=O)N[C@H]1c1ccc(-c2ccc(Cl)cc2)o1. The van der Waals surface area contributed by atoms with Crippen molar-refractivity contribution in [1.29, 1.82) is 0 Å². The van der Waals surface area contributed by atoms with E-state index in [-0.39, 0.29) is 0 Å². The lowest BCUT2D eigenvalue weighted by atomic mass is 10.0. The Balaban J connectivity index is 1.98. The molecule has 0 bridgehead atoms. The van der Waals surface area contributed by atoms with Crippen LogP contribution in [0.4, 0.5) is 4.79 Å². The molecule has 24 heavy (non-hydrogen) atoms. The summed E-state index contributed by atoms with van der Waals surface area (Å²) in [6.07, 6.45) is 0. The number of carbonyl (C=O) groups is 2. The second-order valence-corrected chi connectivity index (χ2v) is 5.71. The molecule has 2 aromatic rings. The van der Waals surface area contributed by atoms with Crippen LogP contribution in [0.5, 0.6) is 0 Å². The summed E-state index contributed by atoms with van der Waals surface area (Å²) in [7, 11) is 1.29. The van der Waals surface area contributed by atoms with E-state index >= 15 is 0 Å². The Kier molecular flexibility index (Phi) is 4.31. The van der Waals surface area contributed by atoms with E-state index in [1.54, 1.807) is 31.2 Å². The molecule has 3 rings (SSSR count). The van der Waals surface area contributed by atoms with Gasteiger partial charge in [-0.1, -0.05) is 11.6 Å². The fraction of sp³-hybridized carbons (Fsp3) is 0.176. The van der Waals surface area contributed by atoms with Crippen molar-refractivity contribution in [3.05, 3.63) is 58.5 Å². The van der Waals surface area contributed by atoms with Gasteiger partial charge in [-0.05, 0) is 43.3 Å². The van der Waals surface area contributed by atoms with Crippen molar-refractivity contribution in [2.75, 3.05) is 7.11 Å². The molecular weight excluding hydrogens is 332 g/mol. The number of furan rings is 1. The highest BCUT2D eigenvalue weighted by Crippen LogP contribution is 2.32. The van der Waals surface area contributed by atoms with Crippen LogP contribution in [0.3, 0.4) is 0 Å². The maximum absolute atomic E-state index is 12.1. The minimum absolute atomic E-state index is 0.300. The monoisotopic (exact) mass is 346 g/mol. The minimum Gasteiger partial charge on any atom is -0.466 e. The third-order valence-corrected chi connectivity index (χ3v) is 3.97. The number of halogens is 1. The molecule has 2 N–H and O–H groups in total. The standard InChI is InChI=1S/C17H15ClN2O4/c1-9-14(16(21)23-2)15(20-17(22)19-9)13-8-7-12(24-13)10-3-5-11(18)6-4-10/h3-8,15H,1-2H3,(H2,19,20,22)/t15-/m0/s1. The number of allylic oxidation sites excluding steroid dienone is 1. The maximum atomic E-state index is 12.1. The van der Waals surface area contributed by atoms with Crippen LogP contribution in [0.15, 0.2) is 52.1 Å². The highest BCUT2D eigenvalue weighted by atomic mass is 35.5. The smallest absolute Gasteiger partial charge is 0.338 e. The molecule has 1 aliphatic rings. The van der Waals surface area contributed by atoms with Crippen molar-refractivity contribution < 1.29 is 18.7 Å².